The Morgan fingerprint density at radius 3 is 1.58 bits per heavy atom. The van der Waals surface area contributed by atoms with Crippen molar-refractivity contribution in [2.45, 2.75) is 46.5 Å². The molecule has 2 aliphatic rings. The van der Waals surface area contributed by atoms with Gasteiger partial charge in [0.1, 0.15) is 6.67 Å². The van der Waals surface area contributed by atoms with Crippen LogP contribution in [-0.4, -0.2) is 35.2 Å². The predicted octanol–water partition coefficient (Wildman–Crippen LogP) is 4.07. The summed E-state index contributed by atoms with van der Waals surface area (Å²) < 4.78 is 13.4. The minimum Gasteiger partial charge on any atom is -0.356 e. The first-order chi connectivity index (χ1) is 11.5. The summed E-state index contributed by atoms with van der Waals surface area (Å²) in [6.07, 6.45) is 8.34. The SMILES string of the molecule is CC(C)N1C=CN(c2cc(CF)cc(N3C=CN(C(C)C)C3)c2)C1. The van der Waals surface area contributed by atoms with Crippen LogP contribution in [0.25, 0.3) is 0 Å². The molecule has 0 aromatic heterocycles. The van der Waals surface area contributed by atoms with Crippen molar-refractivity contribution < 1.29 is 4.39 Å². The minimum absolute atomic E-state index is 0.447. The van der Waals surface area contributed by atoms with E-state index < -0.39 is 6.67 Å². The lowest BCUT2D eigenvalue weighted by Gasteiger charge is -2.27. The average Bonchev–Trinajstić information content (AvgIpc) is 3.23. The van der Waals surface area contributed by atoms with Crippen LogP contribution in [0.1, 0.15) is 33.3 Å². The molecule has 0 saturated carbocycles. The van der Waals surface area contributed by atoms with Crippen molar-refractivity contribution in [3.8, 4) is 0 Å². The third-order valence-electron chi connectivity index (χ3n) is 4.61. The molecule has 0 radical (unpaired) electrons. The molecule has 3 rings (SSSR count). The molecule has 2 heterocycles. The zero-order valence-corrected chi connectivity index (χ0v) is 15.0. The molecule has 1 aromatic carbocycles. The van der Waals surface area contributed by atoms with Crippen molar-refractivity contribution in [2.24, 2.45) is 0 Å². The van der Waals surface area contributed by atoms with E-state index in [4.69, 9.17) is 0 Å². The number of benzene rings is 1. The van der Waals surface area contributed by atoms with Gasteiger partial charge in [-0.25, -0.2) is 4.39 Å². The van der Waals surface area contributed by atoms with Gasteiger partial charge in [0.25, 0.3) is 0 Å². The summed E-state index contributed by atoms with van der Waals surface area (Å²) in [5.41, 5.74) is 2.79. The van der Waals surface area contributed by atoms with E-state index in [1.807, 2.05) is 12.1 Å². The van der Waals surface area contributed by atoms with Gasteiger partial charge in [-0.1, -0.05) is 0 Å². The number of hydrogen-bond acceptors (Lipinski definition) is 4. The van der Waals surface area contributed by atoms with Crippen LogP contribution >= 0.6 is 0 Å². The molecule has 130 valence electrons. The molecule has 0 atom stereocenters. The Balaban J connectivity index is 1.82. The van der Waals surface area contributed by atoms with Crippen molar-refractivity contribution in [2.75, 3.05) is 23.1 Å². The molecule has 2 aliphatic heterocycles. The van der Waals surface area contributed by atoms with Gasteiger partial charge in [-0.15, -0.1) is 0 Å². The third-order valence-corrected chi connectivity index (χ3v) is 4.61. The van der Waals surface area contributed by atoms with Crippen LogP contribution in [0.3, 0.4) is 0 Å². The van der Waals surface area contributed by atoms with Crippen LogP contribution in [0, 0.1) is 0 Å². The van der Waals surface area contributed by atoms with E-state index in [0.29, 0.717) is 12.1 Å². The van der Waals surface area contributed by atoms with E-state index >= 15 is 0 Å². The minimum atomic E-state index is -0.447. The van der Waals surface area contributed by atoms with E-state index in [1.54, 1.807) is 0 Å². The Labute approximate surface area is 144 Å². The van der Waals surface area contributed by atoms with Crippen LogP contribution in [0.5, 0.6) is 0 Å². The van der Waals surface area contributed by atoms with Gasteiger partial charge < -0.3 is 19.6 Å². The molecule has 4 nitrogen and oxygen atoms in total. The first-order valence-corrected chi connectivity index (χ1v) is 8.59. The van der Waals surface area contributed by atoms with Crippen LogP contribution in [-0.2, 0) is 6.67 Å². The smallest absolute Gasteiger partial charge is 0.115 e. The zero-order valence-electron chi connectivity index (χ0n) is 15.0. The molecule has 0 aliphatic carbocycles. The lowest BCUT2D eigenvalue weighted by atomic mass is 10.1. The van der Waals surface area contributed by atoms with Gasteiger partial charge in [0.05, 0.1) is 13.3 Å². The largest absolute Gasteiger partial charge is 0.356 e. The molecule has 24 heavy (non-hydrogen) atoms. The Kier molecular flexibility index (Phi) is 4.69. The number of anilines is 2. The van der Waals surface area contributed by atoms with E-state index in [2.05, 4.69) is 78.2 Å². The Morgan fingerprint density at radius 2 is 1.25 bits per heavy atom. The molecule has 0 amide bonds. The molecule has 0 fully saturated rings. The highest BCUT2D eigenvalue weighted by molar-refractivity contribution is 5.64. The van der Waals surface area contributed by atoms with Crippen molar-refractivity contribution in [3.05, 3.63) is 48.6 Å². The van der Waals surface area contributed by atoms with Crippen molar-refractivity contribution in [1.29, 1.82) is 0 Å². The van der Waals surface area contributed by atoms with Crippen LogP contribution in [0.2, 0.25) is 0 Å². The van der Waals surface area contributed by atoms with Gasteiger partial charge in [0.15, 0.2) is 0 Å². The highest BCUT2D eigenvalue weighted by Crippen LogP contribution is 2.30. The van der Waals surface area contributed by atoms with Crippen molar-refractivity contribution in [1.82, 2.24) is 9.80 Å². The molecule has 0 bridgehead atoms. The Bertz CT molecular complexity index is 588. The van der Waals surface area contributed by atoms with Crippen LogP contribution in [0.15, 0.2) is 43.0 Å². The fraction of sp³-hybridized carbons (Fsp3) is 0.474. The number of halogens is 1. The summed E-state index contributed by atoms with van der Waals surface area (Å²) in [6, 6.07) is 6.93. The molecular formula is C19H27FN4. The van der Waals surface area contributed by atoms with Gasteiger partial charge in [-0.2, -0.15) is 0 Å². The van der Waals surface area contributed by atoms with Gasteiger partial charge in [-0.3, -0.25) is 0 Å². The lowest BCUT2D eigenvalue weighted by Crippen LogP contribution is -2.31. The Morgan fingerprint density at radius 1 is 0.792 bits per heavy atom. The molecule has 0 saturated heterocycles. The second kappa shape index (κ2) is 6.75. The summed E-state index contributed by atoms with van der Waals surface area (Å²) in [6.45, 7) is 9.86. The summed E-state index contributed by atoms with van der Waals surface area (Å²) in [5, 5.41) is 0. The topological polar surface area (TPSA) is 13.0 Å². The van der Waals surface area contributed by atoms with Gasteiger partial charge >= 0.3 is 0 Å². The maximum atomic E-state index is 13.4. The normalized spacial score (nSPS) is 17.3. The van der Waals surface area contributed by atoms with Crippen LogP contribution in [0.4, 0.5) is 15.8 Å². The van der Waals surface area contributed by atoms with E-state index in [-0.39, 0.29) is 0 Å². The average molecular weight is 330 g/mol. The monoisotopic (exact) mass is 330 g/mol. The number of hydrogen-bond donors (Lipinski definition) is 0. The highest BCUT2D eigenvalue weighted by Gasteiger charge is 2.20. The van der Waals surface area contributed by atoms with Gasteiger partial charge in [0.2, 0.25) is 0 Å². The number of alkyl halides is 1. The quantitative estimate of drug-likeness (QED) is 0.806. The standard InChI is InChI=1S/C19H27FN4/c1-15(2)21-5-7-23(13-21)18-9-17(12-20)10-19(11-18)24-8-6-22(14-24)16(3)4/h5-11,15-16H,12-14H2,1-4H3. The molecule has 1 aromatic rings. The molecule has 0 N–H and O–H groups in total. The Hall–Kier alpha value is -2.17. The predicted molar refractivity (Wildman–Crippen MR) is 98.2 cm³/mol. The van der Waals surface area contributed by atoms with E-state index in [9.17, 15) is 4.39 Å². The number of rotatable bonds is 5. The molecule has 0 unspecified atom stereocenters. The number of nitrogens with zero attached hydrogens (tertiary/aromatic N) is 4. The lowest BCUT2D eigenvalue weighted by molar-refractivity contribution is 0.335. The second-order valence-electron chi connectivity index (χ2n) is 7.03. The zero-order chi connectivity index (χ0) is 17.3. The molecule has 0 spiro atoms. The van der Waals surface area contributed by atoms with Gasteiger partial charge in [-0.05, 0) is 51.5 Å². The van der Waals surface area contributed by atoms with E-state index in [0.717, 1.165) is 30.3 Å². The summed E-state index contributed by atoms with van der Waals surface area (Å²) in [4.78, 5) is 8.86. The fourth-order valence-electron chi connectivity index (χ4n) is 2.94. The third kappa shape index (κ3) is 3.35. The summed E-state index contributed by atoms with van der Waals surface area (Å²) >= 11 is 0. The first-order valence-electron chi connectivity index (χ1n) is 8.59. The molecular weight excluding hydrogens is 303 g/mol. The highest BCUT2D eigenvalue weighted by atomic mass is 19.1. The second-order valence-corrected chi connectivity index (χ2v) is 7.03. The summed E-state index contributed by atoms with van der Waals surface area (Å²) in [5.74, 6) is 0. The van der Waals surface area contributed by atoms with E-state index in [1.165, 1.54) is 0 Å². The van der Waals surface area contributed by atoms with Crippen molar-refractivity contribution in [3.63, 3.8) is 0 Å². The maximum Gasteiger partial charge on any atom is 0.115 e. The van der Waals surface area contributed by atoms with Crippen molar-refractivity contribution >= 4 is 11.4 Å². The fourth-order valence-corrected chi connectivity index (χ4v) is 2.94. The first kappa shape index (κ1) is 16.7. The van der Waals surface area contributed by atoms with Gasteiger partial charge in [0, 0.05) is 48.3 Å². The summed E-state index contributed by atoms with van der Waals surface area (Å²) in [7, 11) is 0. The van der Waals surface area contributed by atoms with Crippen LogP contribution < -0.4 is 9.80 Å². The molecule has 5 heteroatoms. The maximum absolute atomic E-state index is 13.4.